The molecule has 0 spiro atoms. The number of aromatic nitrogens is 2. The molecule has 0 radical (unpaired) electrons. The monoisotopic (exact) mass is 370 g/mol. The first-order chi connectivity index (χ1) is 12.5. The zero-order chi connectivity index (χ0) is 18.5. The van der Waals surface area contributed by atoms with Crippen LogP contribution in [0, 0.1) is 6.92 Å². The number of carbonyl (C=O) groups is 2. The van der Waals surface area contributed by atoms with Gasteiger partial charge in [-0.15, -0.1) is 11.3 Å². The van der Waals surface area contributed by atoms with E-state index in [1.807, 2.05) is 11.4 Å². The molecule has 134 valence electrons. The van der Waals surface area contributed by atoms with Crippen molar-refractivity contribution in [3.8, 4) is 0 Å². The second kappa shape index (κ2) is 7.92. The Labute approximate surface area is 153 Å². The number of rotatable bonds is 6. The third-order valence-electron chi connectivity index (χ3n) is 3.75. The number of amides is 2. The lowest BCUT2D eigenvalue weighted by molar-refractivity contribution is -0.120. The topological polar surface area (TPSA) is 92.6 Å². The summed E-state index contributed by atoms with van der Waals surface area (Å²) in [4.78, 5) is 40.8. The van der Waals surface area contributed by atoms with Crippen LogP contribution in [0.1, 0.15) is 21.7 Å². The van der Waals surface area contributed by atoms with E-state index in [4.69, 9.17) is 0 Å². The van der Waals surface area contributed by atoms with E-state index in [2.05, 4.69) is 15.6 Å². The Hall–Kier alpha value is -3.00. The molecule has 2 aromatic heterocycles. The second-order valence-electron chi connectivity index (χ2n) is 5.73. The van der Waals surface area contributed by atoms with Crippen molar-refractivity contribution in [1.29, 1.82) is 0 Å². The van der Waals surface area contributed by atoms with Crippen LogP contribution in [-0.4, -0.2) is 34.3 Å². The Morgan fingerprint density at radius 3 is 2.73 bits per heavy atom. The number of hydrogen-bond acceptors (Lipinski definition) is 5. The van der Waals surface area contributed by atoms with E-state index in [1.165, 1.54) is 17.4 Å². The number of nitrogens with one attached hydrogen (secondary N) is 2. The van der Waals surface area contributed by atoms with Crippen molar-refractivity contribution in [3.63, 3.8) is 0 Å². The predicted octanol–water partition coefficient (Wildman–Crippen LogP) is 1.15. The average Bonchev–Trinajstić information content (AvgIpc) is 3.03. The molecule has 2 N–H and O–H groups in total. The van der Waals surface area contributed by atoms with Gasteiger partial charge in [-0.2, -0.15) is 0 Å². The van der Waals surface area contributed by atoms with Gasteiger partial charge in [0.2, 0.25) is 5.91 Å². The fourth-order valence-corrected chi connectivity index (χ4v) is 3.48. The Morgan fingerprint density at radius 2 is 1.96 bits per heavy atom. The number of aryl methyl sites for hydroxylation is 1. The van der Waals surface area contributed by atoms with Crippen molar-refractivity contribution in [2.45, 2.75) is 13.3 Å². The fraction of sp³-hybridized carbons (Fsp3) is 0.222. The second-order valence-corrected chi connectivity index (χ2v) is 6.57. The highest BCUT2D eigenvalue weighted by Crippen LogP contribution is 2.12. The van der Waals surface area contributed by atoms with Crippen LogP contribution in [0.25, 0.3) is 4.96 Å². The molecule has 1 aromatic carbocycles. The number of hydrogen-bond donors (Lipinski definition) is 2. The van der Waals surface area contributed by atoms with Crippen molar-refractivity contribution in [1.82, 2.24) is 20.0 Å². The molecular weight excluding hydrogens is 352 g/mol. The molecule has 3 aromatic rings. The molecule has 3 rings (SSSR count). The van der Waals surface area contributed by atoms with Gasteiger partial charge in [0.25, 0.3) is 11.5 Å². The van der Waals surface area contributed by atoms with Crippen LogP contribution in [0.5, 0.6) is 0 Å². The van der Waals surface area contributed by atoms with Crippen LogP contribution < -0.4 is 16.2 Å². The summed E-state index contributed by atoms with van der Waals surface area (Å²) in [5.74, 6) is -0.576. The molecule has 0 aliphatic rings. The summed E-state index contributed by atoms with van der Waals surface area (Å²) in [6.45, 7) is 2.05. The Morgan fingerprint density at radius 1 is 1.19 bits per heavy atom. The summed E-state index contributed by atoms with van der Waals surface area (Å²) < 4.78 is 1.56. The third kappa shape index (κ3) is 4.15. The molecule has 0 saturated carbocycles. The summed E-state index contributed by atoms with van der Waals surface area (Å²) in [7, 11) is 0. The highest BCUT2D eigenvalue weighted by Gasteiger charge is 2.10. The van der Waals surface area contributed by atoms with Gasteiger partial charge in [0.15, 0.2) is 4.96 Å². The van der Waals surface area contributed by atoms with E-state index in [0.717, 1.165) is 5.69 Å². The highest BCUT2D eigenvalue weighted by atomic mass is 32.1. The molecule has 0 aliphatic heterocycles. The zero-order valence-corrected chi connectivity index (χ0v) is 15.0. The van der Waals surface area contributed by atoms with Crippen LogP contribution in [0.4, 0.5) is 0 Å². The quantitative estimate of drug-likeness (QED) is 0.681. The van der Waals surface area contributed by atoms with E-state index in [1.54, 1.807) is 35.6 Å². The smallest absolute Gasteiger partial charge is 0.258 e. The van der Waals surface area contributed by atoms with Crippen molar-refractivity contribution >= 4 is 28.1 Å². The Bertz CT molecular complexity index is 995. The minimum absolute atomic E-state index is 0.0984. The molecular formula is C18H18N4O3S. The van der Waals surface area contributed by atoms with Crippen molar-refractivity contribution in [2.24, 2.45) is 0 Å². The molecule has 0 aliphatic carbocycles. The number of fused-ring (bicyclic) bond motifs is 1. The van der Waals surface area contributed by atoms with Crippen molar-refractivity contribution < 1.29 is 9.59 Å². The van der Waals surface area contributed by atoms with Gasteiger partial charge in [-0.05, 0) is 19.1 Å². The molecule has 0 atom stereocenters. The first-order valence-corrected chi connectivity index (χ1v) is 8.99. The van der Waals surface area contributed by atoms with Crippen molar-refractivity contribution in [3.05, 3.63) is 69.1 Å². The SMILES string of the molecule is Cc1cc(=O)n2c(CCNC(=O)CNC(=O)c3ccccc3)csc2n1. The van der Waals surface area contributed by atoms with Gasteiger partial charge in [-0.1, -0.05) is 18.2 Å². The van der Waals surface area contributed by atoms with Gasteiger partial charge in [-0.3, -0.25) is 18.8 Å². The third-order valence-corrected chi connectivity index (χ3v) is 4.63. The van der Waals surface area contributed by atoms with Crippen LogP contribution in [0.3, 0.4) is 0 Å². The molecule has 26 heavy (non-hydrogen) atoms. The van der Waals surface area contributed by atoms with Crippen LogP contribution in [0.2, 0.25) is 0 Å². The maximum absolute atomic E-state index is 12.1. The summed E-state index contributed by atoms with van der Waals surface area (Å²) in [5.41, 5.74) is 1.87. The molecule has 2 heterocycles. The Balaban J connectivity index is 1.50. The number of carbonyl (C=O) groups excluding carboxylic acids is 2. The van der Waals surface area contributed by atoms with Crippen LogP contribution in [-0.2, 0) is 11.2 Å². The van der Waals surface area contributed by atoms with Crippen LogP contribution >= 0.6 is 11.3 Å². The van der Waals surface area contributed by atoms with Crippen molar-refractivity contribution in [2.75, 3.05) is 13.1 Å². The van der Waals surface area contributed by atoms with E-state index in [-0.39, 0.29) is 23.9 Å². The van der Waals surface area contributed by atoms with E-state index >= 15 is 0 Å². The highest BCUT2D eigenvalue weighted by molar-refractivity contribution is 7.15. The first kappa shape index (κ1) is 17.8. The summed E-state index contributed by atoms with van der Waals surface area (Å²) in [5, 5.41) is 7.18. The lowest BCUT2D eigenvalue weighted by Gasteiger charge is -2.07. The molecule has 7 nitrogen and oxygen atoms in total. The van der Waals surface area contributed by atoms with Gasteiger partial charge in [0, 0.05) is 41.4 Å². The van der Waals surface area contributed by atoms with Gasteiger partial charge < -0.3 is 10.6 Å². The summed E-state index contributed by atoms with van der Waals surface area (Å²) in [6, 6.07) is 10.2. The predicted molar refractivity (Wildman–Crippen MR) is 99.6 cm³/mol. The largest absolute Gasteiger partial charge is 0.354 e. The van der Waals surface area contributed by atoms with E-state index in [0.29, 0.717) is 29.2 Å². The standard InChI is InChI=1S/C18H18N4O3S/c1-12-9-16(24)22-14(11-26-18(22)21-12)7-8-19-15(23)10-20-17(25)13-5-3-2-4-6-13/h2-6,9,11H,7-8,10H2,1H3,(H,19,23)(H,20,25). The van der Waals surface area contributed by atoms with E-state index < -0.39 is 0 Å². The summed E-state index contributed by atoms with van der Waals surface area (Å²) >= 11 is 1.40. The van der Waals surface area contributed by atoms with E-state index in [9.17, 15) is 14.4 Å². The lowest BCUT2D eigenvalue weighted by Crippen LogP contribution is -2.37. The molecule has 8 heteroatoms. The number of thiazole rings is 1. The minimum atomic E-state index is -0.294. The molecule has 0 bridgehead atoms. The average molecular weight is 370 g/mol. The molecule has 2 amide bonds. The number of benzene rings is 1. The normalized spacial score (nSPS) is 10.7. The fourth-order valence-electron chi connectivity index (χ4n) is 2.50. The molecule has 0 saturated heterocycles. The zero-order valence-electron chi connectivity index (χ0n) is 14.2. The first-order valence-electron chi connectivity index (χ1n) is 8.11. The van der Waals surface area contributed by atoms with Gasteiger partial charge >= 0.3 is 0 Å². The summed E-state index contributed by atoms with van der Waals surface area (Å²) in [6.07, 6.45) is 0.503. The molecule has 0 unspecified atom stereocenters. The van der Waals surface area contributed by atoms with Gasteiger partial charge in [0.05, 0.1) is 6.54 Å². The van der Waals surface area contributed by atoms with Crippen LogP contribution in [0.15, 0.2) is 46.6 Å². The lowest BCUT2D eigenvalue weighted by atomic mass is 10.2. The maximum atomic E-state index is 12.1. The Kier molecular flexibility index (Phi) is 5.43. The maximum Gasteiger partial charge on any atom is 0.258 e. The van der Waals surface area contributed by atoms with Gasteiger partial charge in [-0.25, -0.2) is 4.98 Å². The molecule has 0 fully saturated rings. The van der Waals surface area contributed by atoms with Gasteiger partial charge in [0.1, 0.15) is 0 Å². The minimum Gasteiger partial charge on any atom is -0.354 e. The number of nitrogens with zero attached hydrogens (tertiary/aromatic N) is 2.